The molecule has 1 unspecified atom stereocenters. The zero-order chi connectivity index (χ0) is 24.2. The Balaban J connectivity index is 1.44. The average molecular weight is 485 g/mol. The van der Waals surface area contributed by atoms with Gasteiger partial charge in [-0.3, -0.25) is 4.79 Å². The number of nitrogens with zero attached hydrogens (tertiary/aromatic N) is 1. The molecule has 1 aliphatic heterocycles. The highest BCUT2D eigenvalue weighted by Gasteiger charge is 2.41. The van der Waals surface area contributed by atoms with Crippen LogP contribution in [0.5, 0.6) is 0 Å². The van der Waals surface area contributed by atoms with Crippen LogP contribution in [0.3, 0.4) is 0 Å². The number of amides is 2. The van der Waals surface area contributed by atoms with Gasteiger partial charge in [-0.2, -0.15) is 11.8 Å². The first-order valence-electron chi connectivity index (χ1n) is 11.2. The van der Waals surface area contributed by atoms with Crippen LogP contribution >= 0.6 is 11.8 Å². The van der Waals surface area contributed by atoms with Crippen LogP contribution in [0.2, 0.25) is 0 Å². The molecule has 0 spiro atoms. The molecule has 0 aromatic heterocycles. The number of carboxylic acid groups (broad SMARTS) is 1. The van der Waals surface area contributed by atoms with Gasteiger partial charge in [0.25, 0.3) is 0 Å². The summed E-state index contributed by atoms with van der Waals surface area (Å²) in [5, 5.41) is 22.0. The van der Waals surface area contributed by atoms with Crippen LogP contribution < -0.4 is 5.32 Å². The van der Waals surface area contributed by atoms with Gasteiger partial charge in [0.05, 0.1) is 6.10 Å². The Morgan fingerprint density at radius 3 is 2.32 bits per heavy atom. The third kappa shape index (κ3) is 4.90. The van der Waals surface area contributed by atoms with Gasteiger partial charge in [-0.25, -0.2) is 9.59 Å². The van der Waals surface area contributed by atoms with Crippen molar-refractivity contribution in [3.8, 4) is 11.1 Å². The molecule has 4 rings (SSSR count). The summed E-state index contributed by atoms with van der Waals surface area (Å²) < 4.78 is 5.57. The van der Waals surface area contributed by atoms with Gasteiger partial charge in [-0.1, -0.05) is 48.5 Å². The van der Waals surface area contributed by atoms with E-state index in [-0.39, 0.29) is 25.5 Å². The lowest BCUT2D eigenvalue weighted by atomic mass is 9.98. The highest BCUT2D eigenvalue weighted by Crippen LogP contribution is 2.44. The minimum atomic E-state index is -1.17. The van der Waals surface area contributed by atoms with Crippen molar-refractivity contribution in [2.24, 2.45) is 0 Å². The van der Waals surface area contributed by atoms with Gasteiger partial charge >= 0.3 is 12.1 Å². The SMILES string of the molecule is CSCCC(NC(=O)OCC1c2ccccc2-c2ccccc21)C(=O)N1C[C@H](O)C[C@@H]1C(=O)O. The summed E-state index contributed by atoms with van der Waals surface area (Å²) in [6.45, 7) is 0.0431. The van der Waals surface area contributed by atoms with E-state index < -0.39 is 36.2 Å². The van der Waals surface area contributed by atoms with Crippen LogP contribution in [0.15, 0.2) is 48.5 Å². The molecule has 2 aliphatic rings. The largest absolute Gasteiger partial charge is 0.480 e. The normalized spacial score (nSPS) is 19.9. The van der Waals surface area contributed by atoms with Crippen LogP contribution in [0, 0.1) is 0 Å². The fraction of sp³-hybridized carbons (Fsp3) is 0.400. The number of carbonyl (C=O) groups is 3. The monoisotopic (exact) mass is 484 g/mol. The average Bonchev–Trinajstić information content (AvgIpc) is 3.38. The van der Waals surface area contributed by atoms with E-state index in [0.717, 1.165) is 27.2 Å². The van der Waals surface area contributed by atoms with E-state index in [2.05, 4.69) is 17.4 Å². The summed E-state index contributed by atoms with van der Waals surface area (Å²) in [5.41, 5.74) is 4.41. The standard InChI is InChI=1S/C25H28N2O6S/c1-34-11-10-21(23(29)27-13-15(28)12-22(27)24(30)31)26-25(32)33-14-20-18-8-4-2-6-16(18)17-7-3-5-9-19(17)20/h2-9,15,20-22,28H,10-14H2,1H3,(H,26,32)(H,30,31)/t15-,21?,22-/m1/s1. The highest BCUT2D eigenvalue weighted by atomic mass is 32.2. The number of nitrogens with one attached hydrogen (secondary N) is 1. The van der Waals surface area contributed by atoms with Crippen molar-refractivity contribution in [1.29, 1.82) is 0 Å². The maximum Gasteiger partial charge on any atom is 0.407 e. The second-order valence-electron chi connectivity index (χ2n) is 8.54. The highest BCUT2D eigenvalue weighted by molar-refractivity contribution is 7.98. The summed E-state index contributed by atoms with van der Waals surface area (Å²) in [5.74, 6) is -1.21. The molecule has 3 atom stereocenters. The van der Waals surface area contributed by atoms with E-state index in [9.17, 15) is 24.6 Å². The summed E-state index contributed by atoms with van der Waals surface area (Å²) in [6.07, 6.45) is 0.549. The number of β-amino-alcohol motifs (C(OH)–C–C–N with tert-alkyl or cyclic N) is 1. The lowest BCUT2D eigenvalue weighted by Crippen LogP contribution is -2.52. The van der Waals surface area contributed by atoms with Crippen molar-refractivity contribution >= 4 is 29.7 Å². The molecule has 1 saturated heterocycles. The molecular weight excluding hydrogens is 456 g/mol. The van der Waals surface area contributed by atoms with Crippen molar-refractivity contribution in [1.82, 2.24) is 10.2 Å². The predicted octanol–water partition coefficient (Wildman–Crippen LogP) is 2.69. The Morgan fingerprint density at radius 2 is 1.74 bits per heavy atom. The van der Waals surface area contributed by atoms with Crippen molar-refractivity contribution in [2.45, 2.75) is 36.9 Å². The molecule has 0 saturated carbocycles. The van der Waals surface area contributed by atoms with Gasteiger partial charge in [0.2, 0.25) is 5.91 Å². The van der Waals surface area contributed by atoms with Gasteiger partial charge in [0.1, 0.15) is 18.7 Å². The Bertz CT molecular complexity index is 1030. The molecule has 1 fully saturated rings. The van der Waals surface area contributed by atoms with Crippen LogP contribution in [-0.4, -0.2) is 76.4 Å². The van der Waals surface area contributed by atoms with Crippen LogP contribution in [0.4, 0.5) is 4.79 Å². The molecular formula is C25H28N2O6S. The molecule has 1 heterocycles. The number of fused-ring (bicyclic) bond motifs is 3. The second-order valence-corrected chi connectivity index (χ2v) is 9.52. The van der Waals surface area contributed by atoms with Gasteiger partial charge < -0.3 is 25.2 Å². The summed E-state index contributed by atoms with van der Waals surface area (Å²) >= 11 is 1.51. The molecule has 9 heteroatoms. The number of carboxylic acids is 1. The number of aliphatic carboxylic acids is 1. The molecule has 0 radical (unpaired) electrons. The lowest BCUT2D eigenvalue weighted by Gasteiger charge is -2.27. The maximum absolute atomic E-state index is 13.1. The quantitative estimate of drug-likeness (QED) is 0.528. The number of thioether (sulfide) groups is 1. The third-order valence-electron chi connectivity index (χ3n) is 6.39. The van der Waals surface area contributed by atoms with E-state index in [0.29, 0.717) is 12.2 Å². The summed E-state index contributed by atoms with van der Waals surface area (Å²) in [6, 6.07) is 14.0. The van der Waals surface area contributed by atoms with Crippen molar-refractivity contribution in [3.05, 3.63) is 59.7 Å². The van der Waals surface area contributed by atoms with Crippen LogP contribution in [0.1, 0.15) is 29.9 Å². The number of hydrogen-bond donors (Lipinski definition) is 3. The number of ether oxygens (including phenoxy) is 1. The molecule has 2 aromatic carbocycles. The molecule has 3 N–H and O–H groups in total. The number of aliphatic hydroxyl groups excluding tert-OH is 1. The molecule has 34 heavy (non-hydrogen) atoms. The van der Waals surface area contributed by atoms with Gasteiger partial charge in [-0.05, 0) is 40.7 Å². The van der Waals surface area contributed by atoms with E-state index in [4.69, 9.17) is 4.74 Å². The number of carbonyl (C=O) groups excluding carboxylic acids is 2. The molecule has 2 aromatic rings. The predicted molar refractivity (Wildman–Crippen MR) is 129 cm³/mol. The molecule has 2 amide bonds. The fourth-order valence-electron chi connectivity index (χ4n) is 4.77. The number of hydrogen-bond acceptors (Lipinski definition) is 6. The van der Waals surface area contributed by atoms with Gasteiger partial charge in [0.15, 0.2) is 0 Å². The van der Waals surface area contributed by atoms with Gasteiger partial charge in [-0.15, -0.1) is 0 Å². The topological polar surface area (TPSA) is 116 Å². The lowest BCUT2D eigenvalue weighted by molar-refractivity contribution is -0.149. The maximum atomic E-state index is 13.1. The Hall–Kier alpha value is -3.04. The summed E-state index contributed by atoms with van der Waals surface area (Å²) in [7, 11) is 0. The minimum Gasteiger partial charge on any atom is -0.480 e. The van der Waals surface area contributed by atoms with E-state index in [1.807, 2.05) is 42.7 Å². The minimum absolute atomic E-state index is 0.0265. The van der Waals surface area contributed by atoms with Crippen molar-refractivity contribution < 1.29 is 29.3 Å². The number of likely N-dealkylation sites (tertiary alicyclic amines) is 1. The second kappa shape index (κ2) is 10.5. The first-order chi connectivity index (χ1) is 16.4. The zero-order valence-corrected chi connectivity index (χ0v) is 19.7. The van der Waals surface area contributed by atoms with Crippen LogP contribution in [-0.2, 0) is 14.3 Å². The Kier molecular flexibility index (Phi) is 7.43. The smallest absolute Gasteiger partial charge is 0.407 e. The number of aliphatic hydroxyl groups is 1. The van der Waals surface area contributed by atoms with E-state index in [1.54, 1.807) is 0 Å². The number of benzene rings is 2. The van der Waals surface area contributed by atoms with E-state index in [1.165, 1.54) is 11.8 Å². The number of rotatable bonds is 8. The first kappa shape index (κ1) is 24.1. The van der Waals surface area contributed by atoms with Crippen LogP contribution in [0.25, 0.3) is 11.1 Å². The Labute approximate surface area is 202 Å². The third-order valence-corrected chi connectivity index (χ3v) is 7.04. The van der Waals surface area contributed by atoms with Crippen molar-refractivity contribution in [2.75, 3.05) is 25.2 Å². The summed E-state index contributed by atoms with van der Waals surface area (Å²) in [4.78, 5) is 38.5. The molecule has 0 bridgehead atoms. The zero-order valence-electron chi connectivity index (χ0n) is 18.8. The molecule has 180 valence electrons. The van der Waals surface area contributed by atoms with E-state index >= 15 is 0 Å². The molecule has 1 aliphatic carbocycles. The first-order valence-corrected chi connectivity index (χ1v) is 12.6. The number of alkyl carbamates (subject to hydrolysis) is 1. The fourth-order valence-corrected chi connectivity index (χ4v) is 5.24. The molecule has 8 nitrogen and oxygen atoms in total. The van der Waals surface area contributed by atoms with Crippen molar-refractivity contribution in [3.63, 3.8) is 0 Å². The Morgan fingerprint density at radius 1 is 1.12 bits per heavy atom. The van der Waals surface area contributed by atoms with Gasteiger partial charge in [0, 0.05) is 18.9 Å².